The first-order valence-corrected chi connectivity index (χ1v) is 8.03. The second-order valence-electron chi connectivity index (χ2n) is 5.74. The number of amides is 1. The van der Waals surface area contributed by atoms with Gasteiger partial charge in [0.25, 0.3) is 5.91 Å². The lowest BCUT2D eigenvalue weighted by molar-refractivity contribution is 0.0680. The first kappa shape index (κ1) is 16.9. The van der Waals surface area contributed by atoms with Gasteiger partial charge in [-0.25, -0.2) is 4.68 Å². The molecule has 0 aliphatic rings. The quantitative estimate of drug-likeness (QED) is 0.659. The normalized spacial score (nSPS) is 10.8. The van der Waals surface area contributed by atoms with Crippen LogP contribution in [0.4, 0.5) is 0 Å². The number of aromatic nitrogens is 4. The van der Waals surface area contributed by atoms with Crippen LogP contribution in [0, 0.1) is 0 Å². The minimum absolute atomic E-state index is 0.0464. The Morgan fingerprint density at radius 3 is 2.84 bits per heavy atom. The summed E-state index contributed by atoms with van der Waals surface area (Å²) in [6.07, 6.45) is 7.24. The van der Waals surface area contributed by atoms with Crippen LogP contribution in [0.1, 0.15) is 15.9 Å². The summed E-state index contributed by atoms with van der Waals surface area (Å²) < 4.78 is 8.62. The molecule has 0 N–H and O–H groups in total. The second kappa shape index (κ2) is 7.76. The standard InChI is InChI=1S/C18H21N5O2/c1-21-13-15(12-20-21)14-22(9-10-25-2)18(24)16-5-3-6-17(11-16)23-8-4-7-19-23/h3-8,11-13H,9-10,14H2,1-2H3. The van der Waals surface area contributed by atoms with Crippen molar-refractivity contribution >= 4 is 5.91 Å². The van der Waals surface area contributed by atoms with Crippen LogP contribution in [-0.2, 0) is 18.3 Å². The average molecular weight is 339 g/mol. The van der Waals surface area contributed by atoms with Gasteiger partial charge in [0.05, 0.1) is 18.5 Å². The highest BCUT2D eigenvalue weighted by Gasteiger charge is 2.17. The van der Waals surface area contributed by atoms with Crippen molar-refractivity contribution < 1.29 is 9.53 Å². The van der Waals surface area contributed by atoms with Gasteiger partial charge in [-0.15, -0.1) is 0 Å². The maximum Gasteiger partial charge on any atom is 0.254 e. The van der Waals surface area contributed by atoms with Crippen molar-refractivity contribution in [1.29, 1.82) is 0 Å². The Labute approximate surface area is 146 Å². The molecule has 0 atom stereocenters. The number of hydrogen-bond acceptors (Lipinski definition) is 4. The van der Waals surface area contributed by atoms with E-state index < -0.39 is 0 Å². The molecule has 0 aliphatic heterocycles. The topological polar surface area (TPSA) is 65.2 Å². The van der Waals surface area contributed by atoms with Crippen LogP contribution in [-0.4, -0.2) is 50.6 Å². The zero-order valence-electron chi connectivity index (χ0n) is 14.4. The third kappa shape index (κ3) is 4.13. The molecule has 3 aromatic rings. The number of nitrogens with zero attached hydrogens (tertiary/aromatic N) is 5. The fourth-order valence-corrected chi connectivity index (χ4v) is 2.61. The number of benzene rings is 1. The zero-order chi connectivity index (χ0) is 17.6. The van der Waals surface area contributed by atoms with E-state index in [-0.39, 0.29) is 5.91 Å². The number of rotatable bonds is 7. The Morgan fingerprint density at radius 2 is 2.16 bits per heavy atom. The molecule has 130 valence electrons. The molecule has 0 spiro atoms. The molecule has 0 unspecified atom stereocenters. The molecule has 25 heavy (non-hydrogen) atoms. The van der Waals surface area contributed by atoms with Crippen molar-refractivity contribution in [2.45, 2.75) is 6.54 Å². The molecule has 0 bridgehead atoms. The molecule has 0 saturated heterocycles. The van der Waals surface area contributed by atoms with Crippen molar-refractivity contribution in [2.24, 2.45) is 7.05 Å². The van der Waals surface area contributed by atoms with Crippen LogP contribution >= 0.6 is 0 Å². The van der Waals surface area contributed by atoms with Crippen molar-refractivity contribution in [1.82, 2.24) is 24.5 Å². The van der Waals surface area contributed by atoms with Crippen molar-refractivity contribution in [2.75, 3.05) is 20.3 Å². The van der Waals surface area contributed by atoms with Crippen LogP contribution in [0.5, 0.6) is 0 Å². The third-order valence-electron chi connectivity index (χ3n) is 3.85. The number of aryl methyl sites for hydroxylation is 1. The summed E-state index contributed by atoms with van der Waals surface area (Å²) in [7, 11) is 3.49. The lowest BCUT2D eigenvalue weighted by Gasteiger charge is -2.22. The predicted octanol–water partition coefficient (Wildman–Crippen LogP) is 1.89. The van der Waals surface area contributed by atoms with Gasteiger partial charge >= 0.3 is 0 Å². The Balaban J connectivity index is 1.82. The number of hydrogen-bond donors (Lipinski definition) is 0. The van der Waals surface area contributed by atoms with Gasteiger partial charge in [0.1, 0.15) is 0 Å². The smallest absolute Gasteiger partial charge is 0.254 e. The lowest BCUT2D eigenvalue weighted by Crippen LogP contribution is -2.33. The van der Waals surface area contributed by atoms with Gasteiger partial charge in [0, 0.05) is 57.0 Å². The zero-order valence-corrected chi connectivity index (χ0v) is 14.4. The van der Waals surface area contributed by atoms with E-state index in [4.69, 9.17) is 4.74 Å². The summed E-state index contributed by atoms with van der Waals surface area (Å²) in [5.41, 5.74) is 2.45. The lowest BCUT2D eigenvalue weighted by atomic mass is 10.1. The third-order valence-corrected chi connectivity index (χ3v) is 3.85. The predicted molar refractivity (Wildman–Crippen MR) is 93.4 cm³/mol. The fourth-order valence-electron chi connectivity index (χ4n) is 2.61. The summed E-state index contributed by atoms with van der Waals surface area (Å²) in [5, 5.41) is 8.38. The van der Waals surface area contributed by atoms with Crippen LogP contribution < -0.4 is 0 Å². The molecular formula is C18H21N5O2. The molecule has 0 fully saturated rings. The Hall–Kier alpha value is -2.93. The van der Waals surface area contributed by atoms with Gasteiger partial charge in [-0.3, -0.25) is 9.48 Å². The largest absolute Gasteiger partial charge is 0.383 e. The highest BCUT2D eigenvalue weighted by Crippen LogP contribution is 2.14. The van der Waals surface area contributed by atoms with Crippen LogP contribution in [0.15, 0.2) is 55.1 Å². The molecule has 0 radical (unpaired) electrons. The number of carbonyl (C=O) groups excluding carboxylic acids is 1. The van der Waals surface area contributed by atoms with Crippen molar-refractivity contribution in [3.63, 3.8) is 0 Å². The number of methoxy groups -OCH3 is 1. The van der Waals surface area contributed by atoms with E-state index in [0.717, 1.165) is 11.3 Å². The molecule has 1 amide bonds. The second-order valence-corrected chi connectivity index (χ2v) is 5.74. The summed E-state index contributed by atoms with van der Waals surface area (Å²) in [5.74, 6) is -0.0464. The molecule has 7 nitrogen and oxygen atoms in total. The Kier molecular flexibility index (Phi) is 5.25. The number of ether oxygens (including phenoxy) is 1. The highest BCUT2D eigenvalue weighted by molar-refractivity contribution is 5.94. The van der Waals surface area contributed by atoms with Gasteiger partial charge < -0.3 is 9.64 Å². The van der Waals surface area contributed by atoms with E-state index in [0.29, 0.717) is 25.3 Å². The van der Waals surface area contributed by atoms with Crippen molar-refractivity contribution in [3.05, 3.63) is 66.2 Å². The van der Waals surface area contributed by atoms with E-state index in [9.17, 15) is 4.79 Å². The van der Waals surface area contributed by atoms with Gasteiger partial charge in [-0.1, -0.05) is 6.07 Å². The Bertz CT molecular complexity index is 826. The van der Waals surface area contributed by atoms with Crippen molar-refractivity contribution in [3.8, 4) is 5.69 Å². The maximum atomic E-state index is 13.0. The molecule has 0 saturated carbocycles. The summed E-state index contributed by atoms with van der Waals surface area (Å²) >= 11 is 0. The summed E-state index contributed by atoms with van der Waals surface area (Å²) in [4.78, 5) is 14.8. The minimum Gasteiger partial charge on any atom is -0.383 e. The molecule has 7 heteroatoms. The van der Waals surface area contributed by atoms with E-state index in [2.05, 4.69) is 10.2 Å². The monoisotopic (exact) mass is 339 g/mol. The molecule has 3 rings (SSSR count). The Morgan fingerprint density at radius 1 is 1.28 bits per heavy atom. The number of carbonyl (C=O) groups is 1. The van der Waals surface area contributed by atoms with Gasteiger partial charge in [0.15, 0.2) is 0 Å². The maximum absolute atomic E-state index is 13.0. The van der Waals surface area contributed by atoms with Gasteiger partial charge in [0.2, 0.25) is 0 Å². The molecular weight excluding hydrogens is 318 g/mol. The highest BCUT2D eigenvalue weighted by atomic mass is 16.5. The van der Waals surface area contributed by atoms with E-state index in [1.54, 1.807) is 33.8 Å². The van der Waals surface area contributed by atoms with Crippen LogP contribution in [0.2, 0.25) is 0 Å². The SMILES string of the molecule is COCCN(Cc1cnn(C)c1)C(=O)c1cccc(-n2cccn2)c1. The van der Waals surface area contributed by atoms with Gasteiger partial charge in [-0.05, 0) is 24.3 Å². The van der Waals surface area contributed by atoms with Crippen LogP contribution in [0.25, 0.3) is 5.69 Å². The minimum atomic E-state index is -0.0464. The van der Waals surface area contributed by atoms with E-state index in [1.165, 1.54) is 0 Å². The summed E-state index contributed by atoms with van der Waals surface area (Å²) in [6, 6.07) is 9.30. The van der Waals surface area contributed by atoms with E-state index >= 15 is 0 Å². The van der Waals surface area contributed by atoms with Crippen LogP contribution in [0.3, 0.4) is 0 Å². The fraction of sp³-hybridized carbons (Fsp3) is 0.278. The average Bonchev–Trinajstić information content (AvgIpc) is 3.30. The first-order chi connectivity index (χ1) is 12.2. The van der Waals surface area contributed by atoms with Gasteiger partial charge in [-0.2, -0.15) is 10.2 Å². The first-order valence-electron chi connectivity index (χ1n) is 8.03. The molecule has 2 aromatic heterocycles. The van der Waals surface area contributed by atoms with E-state index in [1.807, 2.05) is 49.8 Å². The molecule has 2 heterocycles. The molecule has 0 aliphatic carbocycles. The molecule has 1 aromatic carbocycles. The summed E-state index contributed by atoms with van der Waals surface area (Å²) in [6.45, 7) is 1.48.